The number of piperazine rings is 1. The van der Waals surface area contributed by atoms with Crippen LogP contribution in [0.4, 0.5) is 0 Å². The van der Waals surface area contributed by atoms with E-state index in [4.69, 9.17) is 9.47 Å². The van der Waals surface area contributed by atoms with Gasteiger partial charge in [0.15, 0.2) is 0 Å². The molecule has 32 heavy (non-hydrogen) atoms. The zero-order valence-electron chi connectivity index (χ0n) is 19.0. The van der Waals surface area contributed by atoms with Crippen molar-refractivity contribution in [2.24, 2.45) is 5.92 Å². The zero-order valence-corrected chi connectivity index (χ0v) is 19.0. The van der Waals surface area contributed by atoms with E-state index in [-0.39, 0.29) is 23.7 Å². The smallest absolute Gasteiger partial charge is 0.253 e. The van der Waals surface area contributed by atoms with Gasteiger partial charge in [-0.25, -0.2) is 0 Å². The Morgan fingerprint density at radius 2 is 1.59 bits per heavy atom. The molecule has 2 aromatic carbocycles. The molecular formula is C25H31N3O4. The fourth-order valence-electron chi connectivity index (χ4n) is 4.69. The fraction of sp³-hybridized carbons (Fsp3) is 0.440. The molecule has 2 atom stereocenters. The number of likely N-dealkylation sites (N-methyl/N-ethyl adjacent to an activating group) is 1. The number of amides is 2. The summed E-state index contributed by atoms with van der Waals surface area (Å²) in [5.74, 6) is 0.981. The highest BCUT2D eigenvalue weighted by molar-refractivity contribution is 5.95. The highest BCUT2D eigenvalue weighted by Gasteiger charge is 2.43. The van der Waals surface area contributed by atoms with Crippen LogP contribution in [0.1, 0.15) is 21.8 Å². The van der Waals surface area contributed by atoms with E-state index < -0.39 is 0 Å². The van der Waals surface area contributed by atoms with Crippen molar-refractivity contribution < 1.29 is 19.1 Å². The number of ether oxygens (including phenoxy) is 2. The Morgan fingerprint density at radius 3 is 2.25 bits per heavy atom. The standard InChI is InChI=1S/C25H31N3O4/c1-26-11-13-27(14-12-26)25(30)22-17-28(24(29)18-7-5-4-6-8-18)16-21(22)20-15-19(31-2)9-10-23(20)32-3/h4-10,15,21-22H,11-14,16-17H2,1-3H3. The summed E-state index contributed by atoms with van der Waals surface area (Å²) in [6, 6.07) is 14.9. The quantitative estimate of drug-likeness (QED) is 0.719. The lowest BCUT2D eigenvalue weighted by molar-refractivity contribution is -0.137. The summed E-state index contributed by atoms with van der Waals surface area (Å²) in [6.07, 6.45) is 0. The summed E-state index contributed by atoms with van der Waals surface area (Å²) in [5.41, 5.74) is 1.54. The maximum absolute atomic E-state index is 13.6. The van der Waals surface area contributed by atoms with Gasteiger partial charge in [-0.05, 0) is 37.4 Å². The normalized spacial score (nSPS) is 21.5. The summed E-state index contributed by atoms with van der Waals surface area (Å²) in [7, 11) is 5.32. The molecule has 170 valence electrons. The lowest BCUT2D eigenvalue weighted by atomic mass is 9.87. The van der Waals surface area contributed by atoms with Crippen LogP contribution in [-0.4, -0.2) is 87.0 Å². The summed E-state index contributed by atoms with van der Waals surface area (Å²) in [5, 5.41) is 0. The summed E-state index contributed by atoms with van der Waals surface area (Å²) < 4.78 is 11.1. The Morgan fingerprint density at radius 1 is 0.875 bits per heavy atom. The first-order chi connectivity index (χ1) is 15.5. The van der Waals surface area contributed by atoms with Crippen molar-refractivity contribution in [1.29, 1.82) is 0 Å². The molecule has 0 N–H and O–H groups in total. The number of benzene rings is 2. The van der Waals surface area contributed by atoms with Gasteiger partial charge in [0.2, 0.25) is 5.91 Å². The van der Waals surface area contributed by atoms with Gasteiger partial charge in [0.05, 0.1) is 20.1 Å². The van der Waals surface area contributed by atoms with Crippen molar-refractivity contribution >= 4 is 11.8 Å². The Hall–Kier alpha value is -3.06. The van der Waals surface area contributed by atoms with Crippen molar-refractivity contribution in [3.8, 4) is 11.5 Å². The molecule has 7 nitrogen and oxygen atoms in total. The van der Waals surface area contributed by atoms with Gasteiger partial charge >= 0.3 is 0 Å². The maximum Gasteiger partial charge on any atom is 0.253 e. The molecule has 2 aliphatic rings. The first kappa shape index (κ1) is 22.1. The zero-order chi connectivity index (χ0) is 22.7. The summed E-state index contributed by atoms with van der Waals surface area (Å²) in [6.45, 7) is 3.99. The van der Waals surface area contributed by atoms with E-state index in [0.717, 1.165) is 18.7 Å². The predicted octanol–water partition coefficient (Wildman–Crippen LogP) is 2.33. The van der Waals surface area contributed by atoms with Crippen LogP contribution in [0.3, 0.4) is 0 Å². The molecule has 7 heteroatoms. The van der Waals surface area contributed by atoms with E-state index in [2.05, 4.69) is 11.9 Å². The van der Waals surface area contributed by atoms with E-state index >= 15 is 0 Å². The van der Waals surface area contributed by atoms with E-state index in [0.29, 0.717) is 43.2 Å². The minimum atomic E-state index is -0.327. The van der Waals surface area contributed by atoms with E-state index in [1.54, 1.807) is 19.1 Å². The molecule has 0 spiro atoms. The number of methoxy groups -OCH3 is 2. The third-order valence-corrected chi connectivity index (χ3v) is 6.60. The van der Waals surface area contributed by atoms with Crippen LogP contribution in [0.25, 0.3) is 0 Å². The molecular weight excluding hydrogens is 406 g/mol. The van der Waals surface area contributed by atoms with Gasteiger partial charge in [-0.1, -0.05) is 18.2 Å². The van der Waals surface area contributed by atoms with Crippen LogP contribution >= 0.6 is 0 Å². The SMILES string of the molecule is COc1ccc(OC)c(C2CN(C(=O)c3ccccc3)CC2C(=O)N2CCN(C)CC2)c1. The number of carbonyl (C=O) groups excluding carboxylic acids is 2. The largest absolute Gasteiger partial charge is 0.497 e. The summed E-state index contributed by atoms with van der Waals surface area (Å²) in [4.78, 5) is 32.9. The molecule has 2 fully saturated rings. The Kier molecular flexibility index (Phi) is 6.65. The van der Waals surface area contributed by atoms with Gasteiger partial charge in [0, 0.05) is 56.3 Å². The van der Waals surface area contributed by atoms with Crippen LogP contribution in [0.2, 0.25) is 0 Å². The van der Waals surface area contributed by atoms with Gasteiger partial charge in [0.25, 0.3) is 5.91 Å². The number of rotatable bonds is 5. The Balaban J connectivity index is 1.66. The number of carbonyl (C=O) groups is 2. The molecule has 0 aliphatic carbocycles. The van der Waals surface area contributed by atoms with Crippen molar-refractivity contribution in [3.63, 3.8) is 0 Å². The molecule has 0 aromatic heterocycles. The van der Waals surface area contributed by atoms with Crippen molar-refractivity contribution in [2.45, 2.75) is 5.92 Å². The van der Waals surface area contributed by atoms with Gasteiger partial charge in [0.1, 0.15) is 11.5 Å². The molecule has 2 aromatic rings. The van der Waals surface area contributed by atoms with E-state index in [1.807, 2.05) is 53.4 Å². The van der Waals surface area contributed by atoms with Gasteiger partial charge in [-0.15, -0.1) is 0 Å². The van der Waals surface area contributed by atoms with Crippen LogP contribution < -0.4 is 9.47 Å². The average molecular weight is 438 g/mol. The van der Waals surface area contributed by atoms with Crippen LogP contribution in [0, 0.1) is 5.92 Å². The highest BCUT2D eigenvalue weighted by atomic mass is 16.5. The monoisotopic (exact) mass is 437 g/mol. The van der Waals surface area contributed by atoms with Crippen LogP contribution in [-0.2, 0) is 4.79 Å². The van der Waals surface area contributed by atoms with Gasteiger partial charge in [-0.2, -0.15) is 0 Å². The fourth-order valence-corrected chi connectivity index (χ4v) is 4.69. The Bertz CT molecular complexity index is 957. The topological polar surface area (TPSA) is 62.3 Å². The average Bonchev–Trinajstić information content (AvgIpc) is 3.29. The molecule has 2 aliphatic heterocycles. The number of hydrogen-bond donors (Lipinski definition) is 0. The first-order valence-corrected chi connectivity index (χ1v) is 11.1. The Labute approximate surface area is 189 Å². The second kappa shape index (κ2) is 9.61. The third-order valence-electron chi connectivity index (χ3n) is 6.60. The van der Waals surface area contributed by atoms with Crippen LogP contribution in [0.5, 0.6) is 11.5 Å². The number of nitrogens with zero attached hydrogens (tertiary/aromatic N) is 3. The predicted molar refractivity (Wildman–Crippen MR) is 122 cm³/mol. The number of hydrogen-bond acceptors (Lipinski definition) is 5. The molecule has 0 bridgehead atoms. The van der Waals surface area contributed by atoms with Gasteiger partial charge < -0.3 is 24.2 Å². The molecule has 0 radical (unpaired) electrons. The number of likely N-dealkylation sites (tertiary alicyclic amines) is 1. The second-order valence-corrected chi connectivity index (χ2v) is 8.53. The maximum atomic E-state index is 13.6. The molecule has 2 amide bonds. The first-order valence-electron chi connectivity index (χ1n) is 11.1. The minimum Gasteiger partial charge on any atom is -0.497 e. The van der Waals surface area contributed by atoms with Crippen LogP contribution in [0.15, 0.2) is 48.5 Å². The molecule has 4 rings (SSSR count). The molecule has 2 heterocycles. The van der Waals surface area contributed by atoms with E-state index in [9.17, 15) is 9.59 Å². The minimum absolute atomic E-state index is 0.0499. The second-order valence-electron chi connectivity index (χ2n) is 8.53. The van der Waals surface area contributed by atoms with E-state index in [1.165, 1.54) is 0 Å². The lowest BCUT2D eigenvalue weighted by Crippen LogP contribution is -2.50. The summed E-state index contributed by atoms with van der Waals surface area (Å²) >= 11 is 0. The van der Waals surface area contributed by atoms with Gasteiger partial charge in [-0.3, -0.25) is 9.59 Å². The third kappa shape index (κ3) is 4.43. The lowest BCUT2D eigenvalue weighted by Gasteiger charge is -2.35. The highest BCUT2D eigenvalue weighted by Crippen LogP contribution is 2.40. The van der Waals surface area contributed by atoms with Crippen molar-refractivity contribution in [3.05, 3.63) is 59.7 Å². The molecule has 0 saturated carbocycles. The molecule has 2 saturated heterocycles. The van der Waals surface area contributed by atoms with Crippen molar-refractivity contribution in [1.82, 2.24) is 14.7 Å². The van der Waals surface area contributed by atoms with Crippen molar-refractivity contribution in [2.75, 3.05) is 60.5 Å². The molecule has 2 unspecified atom stereocenters.